The predicted molar refractivity (Wildman–Crippen MR) is 59.0 cm³/mol. The van der Waals surface area contributed by atoms with Gasteiger partial charge in [-0.3, -0.25) is 0 Å². The van der Waals surface area contributed by atoms with Crippen LogP contribution in [0.4, 0.5) is 0 Å². The molecule has 0 atom stereocenters. The highest BCUT2D eigenvalue weighted by molar-refractivity contribution is 7.73. The van der Waals surface area contributed by atoms with Gasteiger partial charge in [-0.25, -0.2) is 0 Å². The lowest BCUT2D eigenvalue weighted by Gasteiger charge is -2.15. The zero-order valence-corrected chi connectivity index (χ0v) is 10.1. The molecule has 2 aliphatic carbocycles. The van der Waals surface area contributed by atoms with Gasteiger partial charge in [-0.2, -0.15) is 0 Å². The van der Waals surface area contributed by atoms with E-state index in [1.165, 1.54) is 0 Å². The highest BCUT2D eigenvalue weighted by Crippen LogP contribution is 2.68. The average molecular weight is 225 g/mol. The molecule has 15 heavy (non-hydrogen) atoms. The third-order valence-electron chi connectivity index (χ3n) is 3.56. The second kappa shape index (κ2) is 2.94. The summed E-state index contributed by atoms with van der Waals surface area (Å²) in [6.45, 7) is 1.92. The fourth-order valence-corrected chi connectivity index (χ4v) is 6.12. The van der Waals surface area contributed by atoms with Crippen LogP contribution in [-0.2, 0) is 11.6 Å². The van der Waals surface area contributed by atoms with Crippen LogP contribution in [-0.4, -0.2) is 26.1 Å². The Balaban J connectivity index is 2.09. The van der Waals surface area contributed by atoms with E-state index >= 15 is 0 Å². The number of nitrogens with zero attached hydrogens (tertiary/aromatic N) is 3. The first kappa shape index (κ1) is 9.59. The van der Waals surface area contributed by atoms with Crippen molar-refractivity contribution < 1.29 is 4.57 Å². The minimum Gasteiger partial charge on any atom is -0.315 e. The Kier molecular flexibility index (Phi) is 1.88. The van der Waals surface area contributed by atoms with Gasteiger partial charge in [0, 0.05) is 18.4 Å². The molecule has 3 rings (SSSR count). The second-order valence-corrected chi connectivity index (χ2v) is 8.06. The summed E-state index contributed by atoms with van der Waals surface area (Å²) in [7, 11) is -0.288. The van der Waals surface area contributed by atoms with E-state index in [4.69, 9.17) is 0 Å². The largest absolute Gasteiger partial charge is 0.315 e. The van der Waals surface area contributed by atoms with Gasteiger partial charge in [-0.15, -0.1) is 10.2 Å². The number of hydrogen-bond acceptors (Lipinski definition) is 3. The van der Waals surface area contributed by atoms with E-state index in [-0.39, 0.29) is 0 Å². The van der Waals surface area contributed by atoms with Gasteiger partial charge < -0.3 is 9.13 Å². The quantitative estimate of drug-likeness (QED) is 0.731. The molecule has 2 aliphatic rings. The minimum atomic E-state index is -2.22. The van der Waals surface area contributed by atoms with Crippen LogP contribution in [0, 0.1) is 6.92 Å². The molecule has 1 aromatic heterocycles. The van der Waals surface area contributed by atoms with Crippen molar-refractivity contribution in [3.63, 3.8) is 0 Å². The molecule has 0 aromatic carbocycles. The van der Waals surface area contributed by atoms with Gasteiger partial charge in [-0.1, -0.05) is 0 Å². The number of rotatable bonds is 3. The topological polar surface area (TPSA) is 47.8 Å². The van der Waals surface area contributed by atoms with Gasteiger partial charge in [0.2, 0.25) is 0 Å². The standard InChI is InChI=1S/C10H16N3OP/c1-7-11-12-10(13(7)2)15(14,8-3-4-8)9-5-6-9/h8-9H,3-6H2,1-2H3. The molecule has 1 heterocycles. The van der Waals surface area contributed by atoms with E-state index in [1.807, 2.05) is 18.5 Å². The van der Waals surface area contributed by atoms with Crippen molar-refractivity contribution in [1.29, 1.82) is 0 Å². The molecule has 5 heteroatoms. The fourth-order valence-electron chi connectivity index (χ4n) is 2.24. The molecule has 0 bridgehead atoms. The van der Waals surface area contributed by atoms with E-state index in [1.54, 1.807) is 0 Å². The lowest BCUT2D eigenvalue weighted by molar-refractivity contribution is 0.576. The van der Waals surface area contributed by atoms with E-state index in [2.05, 4.69) is 10.2 Å². The van der Waals surface area contributed by atoms with Gasteiger partial charge in [0.15, 0.2) is 12.7 Å². The fraction of sp³-hybridized carbons (Fsp3) is 0.800. The van der Waals surface area contributed by atoms with Crippen LogP contribution >= 0.6 is 7.14 Å². The van der Waals surface area contributed by atoms with Crippen LogP contribution in [0.25, 0.3) is 0 Å². The summed E-state index contributed by atoms with van der Waals surface area (Å²) >= 11 is 0. The monoisotopic (exact) mass is 225 g/mol. The summed E-state index contributed by atoms with van der Waals surface area (Å²) in [5, 5.41) is 8.20. The first-order valence-corrected chi connectivity index (χ1v) is 7.44. The summed E-state index contributed by atoms with van der Waals surface area (Å²) in [6, 6.07) is 0. The van der Waals surface area contributed by atoms with Crippen molar-refractivity contribution in [2.45, 2.75) is 43.9 Å². The van der Waals surface area contributed by atoms with Crippen LogP contribution in [0.1, 0.15) is 31.5 Å². The average Bonchev–Trinajstić information content (AvgIpc) is 3.07. The Labute approximate surface area is 89.5 Å². The molecule has 0 saturated heterocycles. The van der Waals surface area contributed by atoms with Gasteiger partial charge in [-0.05, 0) is 32.6 Å². The third-order valence-corrected chi connectivity index (χ3v) is 7.78. The van der Waals surface area contributed by atoms with Crippen LogP contribution in [0.2, 0.25) is 0 Å². The molecule has 0 radical (unpaired) electrons. The van der Waals surface area contributed by atoms with Crippen LogP contribution in [0.5, 0.6) is 0 Å². The van der Waals surface area contributed by atoms with Gasteiger partial charge in [0.1, 0.15) is 5.82 Å². The lowest BCUT2D eigenvalue weighted by Crippen LogP contribution is -2.22. The van der Waals surface area contributed by atoms with Crippen LogP contribution in [0.15, 0.2) is 0 Å². The molecular weight excluding hydrogens is 209 g/mol. The Bertz CT molecular complexity index is 430. The first-order valence-electron chi connectivity index (χ1n) is 5.60. The maximum absolute atomic E-state index is 13.1. The molecule has 4 nitrogen and oxygen atoms in total. The predicted octanol–water partition coefficient (Wildman–Crippen LogP) is 1.44. The van der Waals surface area contributed by atoms with E-state index in [9.17, 15) is 4.57 Å². The number of hydrogen-bond donors (Lipinski definition) is 0. The highest BCUT2D eigenvalue weighted by atomic mass is 31.2. The molecule has 2 saturated carbocycles. The molecule has 2 fully saturated rings. The van der Waals surface area contributed by atoms with E-state index in [0.717, 1.165) is 37.1 Å². The maximum Gasteiger partial charge on any atom is 0.193 e. The Morgan fingerprint density at radius 2 is 1.73 bits per heavy atom. The number of aryl methyl sites for hydroxylation is 1. The molecule has 1 aromatic rings. The van der Waals surface area contributed by atoms with Gasteiger partial charge in [0.05, 0.1) is 0 Å². The molecule has 0 N–H and O–H groups in total. The Hall–Kier alpha value is -0.630. The summed E-state index contributed by atoms with van der Waals surface area (Å²) < 4.78 is 15.0. The van der Waals surface area contributed by atoms with Gasteiger partial charge in [0.25, 0.3) is 0 Å². The minimum absolute atomic E-state index is 0.423. The van der Waals surface area contributed by atoms with E-state index < -0.39 is 7.14 Å². The Morgan fingerprint density at radius 3 is 2.07 bits per heavy atom. The van der Waals surface area contributed by atoms with Crippen LogP contribution in [0.3, 0.4) is 0 Å². The zero-order valence-electron chi connectivity index (χ0n) is 9.18. The summed E-state index contributed by atoms with van der Waals surface area (Å²) in [5.41, 5.74) is 1.63. The highest BCUT2D eigenvalue weighted by Gasteiger charge is 2.54. The molecule has 0 aliphatic heterocycles. The van der Waals surface area contributed by atoms with Crippen molar-refractivity contribution >= 4 is 12.7 Å². The van der Waals surface area contributed by atoms with E-state index in [0.29, 0.717) is 11.3 Å². The maximum atomic E-state index is 13.1. The molecule has 0 amide bonds. The summed E-state index contributed by atoms with van der Waals surface area (Å²) in [4.78, 5) is 0. The SMILES string of the molecule is Cc1nnc(P(=O)(C2CC2)C2CC2)n1C. The molecular formula is C10H16N3OP. The lowest BCUT2D eigenvalue weighted by atomic mass is 10.7. The van der Waals surface area contributed by atoms with Gasteiger partial charge >= 0.3 is 0 Å². The normalized spacial score (nSPS) is 22.0. The van der Waals surface area contributed by atoms with Crippen molar-refractivity contribution in [1.82, 2.24) is 14.8 Å². The van der Waals surface area contributed by atoms with Crippen molar-refractivity contribution in [2.24, 2.45) is 7.05 Å². The Morgan fingerprint density at radius 1 is 1.20 bits per heavy atom. The molecule has 0 unspecified atom stereocenters. The number of aromatic nitrogens is 3. The smallest absolute Gasteiger partial charge is 0.193 e. The van der Waals surface area contributed by atoms with Crippen LogP contribution < -0.4 is 5.57 Å². The molecule has 82 valence electrons. The summed E-state index contributed by atoms with van der Waals surface area (Å²) in [5.74, 6) is 0.867. The van der Waals surface area contributed by atoms with Crippen molar-refractivity contribution in [3.05, 3.63) is 5.82 Å². The molecule has 0 spiro atoms. The van der Waals surface area contributed by atoms with Crippen molar-refractivity contribution in [2.75, 3.05) is 0 Å². The third kappa shape index (κ3) is 1.31. The first-order chi connectivity index (χ1) is 7.14. The zero-order chi connectivity index (χ0) is 10.6. The van der Waals surface area contributed by atoms with Crippen molar-refractivity contribution in [3.8, 4) is 0 Å². The second-order valence-electron chi connectivity index (χ2n) is 4.78. The summed E-state index contributed by atoms with van der Waals surface area (Å²) in [6.07, 6.45) is 4.50.